The Labute approximate surface area is 123 Å². The van der Waals surface area contributed by atoms with Gasteiger partial charge >= 0.3 is 0 Å². The number of nitrogen functional groups attached to an aromatic ring is 1. The Morgan fingerprint density at radius 3 is 2.85 bits per heavy atom. The number of nitrogens with two attached hydrogens (primary N) is 1. The molecular weight excluding hydrogens is 277 g/mol. The molecule has 0 spiro atoms. The molecule has 0 aliphatic carbocycles. The van der Waals surface area contributed by atoms with E-state index in [4.69, 9.17) is 17.3 Å². The highest BCUT2D eigenvalue weighted by Crippen LogP contribution is 2.33. The summed E-state index contributed by atoms with van der Waals surface area (Å²) in [7, 11) is 0. The zero-order chi connectivity index (χ0) is 14.5. The van der Waals surface area contributed by atoms with E-state index in [0.717, 1.165) is 25.0 Å². The van der Waals surface area contributed by atoms with Crippen molar-refractivity contribution < 1.29 is 4.39 Å². The number of aromatic nitrogens is 2. The number of nitrogens with one attached hydrogen (secondary N) is 1. The molecule has 20 heavy (non-hydrogen) atoms. The maximum atomic E-state index is 14.1. The molecule has 1 aromatic carbocycles. The SMILES string of the molecule is CCCCCCc1[nH]nc(N)c1-c1cccc(Cl)c1F. The minimum Gasteiger partial charge on any atom is -0.382 e. The van der Waals surface area contributed by atoms with E-state index < -0.39 is 5.82 Å². The van der Waals surface area contributed by atoms with Crippen LogP contribution in [0.4, 0.5) is 10.2 Å². The first-order valence-corrected chi connectivity index (χ1v) is 7.30. The second-order valence-electron chi connectivity index (χ2n) is 4.87. The fourth-order valence-electron chi connectivity index (χ4n) is 2.30. The highest BCUT2D eigenvalue weighted by Gasteiger charge is 2.17. The molecule has 1 heterocycles. The van der Waals surface area contributed by atoms with Crippen LogP contribution in [0, 0.1) is 5.82 Å². The number of halogens is 2. The van der Waals surface area contributed by atoms with E-state index in [9.17, 15) is 4.39 Å². The minimum atomic E-state index is -0.447. The van der Waals surface area contributed by atoms with Crippen molar-refractivity contribution in [2.45, 2.75) is 39.0 Å². The molecule has 0 aliphatic rings. The molecule has 0 saturated carbocycles. The van der Waals surface area contributed by atoms with Crippen LogP contribution in [-0.2, 0) is 6.42 Å². The molecule has 2 rings (SSSR count). The maximum Gasteiger partial charge on any atom is 0.153 e. The normalized spacial score (nSPS) is 10.9. The Morgan fingerprint density at radius 1 is 1.30 bits per heavy atom. The van der Waals surface area contributed by atoms with Gasteiger partial charge in [-0.3, -0.25) is 5.10 Å². The lowest BCUT2D eigenvalue weighted by atomic mass is 10.0. The zero-order valence-electron chi connectivity index (χ0n) is 11.5. The largest absolute Gasteiger partial charge is 0.382 e. The molecule has 0 unspecified atom stereocenters. The molecule has 3 nitrogen and oxygen atoms in total. The Bertz CT molecular complexity index is 580. The third kappa shape index (κ3) is 3.12. The smallest absolute Gasteiger partial charge is 0.153 e. The van der Waals surface area contributed by atoms with Crippen molar-refractivity contribution in [3.05, 3.63) is 34.7 Å². The highest BCUT2D eigenvalue weighted by molar-refractivity contribution is 6.31. The van der Waals surface area contributed by atoms with E-state index in [1.54, 1.807) is 12.1 Å². The molecule has 0 aliphatic heterocycles. The minimum absolute atomic E-state index is 0.0973. The van der Waals surface area contributed by atoms with Crippen LogP contribution in [0.3, 0.4) is 0 Å². The van der Waals surface area contributed by atoms with Crippen molar-refractivity contribution in [1.29, 1.82) is 0 Å². The van der Waals surface area contributed by atoms with Gasteiger partial charge in [0.05, 0.1) is 5.02 Å². The predicted octanol–water partition coefficient (Wildman–Crippen LogP) is 4.57. The Morgan fingerprint density at radius 2 is 2.10 bits per heavy atom. The number of hydrogen-bond donors (Lipinski definition) is 2. The van der Waals surface area contributed by atoms with Crippen LogP contribution >= 0.6 is 11.6 Å². The summed E-state index contributed by atoms with van der Waals surface area (Å²) in [5.74, 6) is -0.131. The molecule has 0 atom stereocenters. The van der Waals surface area contributed by atoms with Gasteiger partial charge < -0.3 is 5.73 Å². The lowest BCUT2D eigenvalue weighted by Crippen LogP contribution is -1.95. The zero-order valence-corrected chi connectivity index (χ0v) is 12.3. The van der Waals surface area contributed by atoms with Crippen molar-refractivity contribution in [2.24, 2.45) is 0 Å². The second kappa shape index (κ2) is 6.75. The summed E-state index contributed by atoms with van der Waals surface area (Å²) >= 11 is 5.83. The van der Waals surface area contributed by atoms with Crippen LogP contribution < -0.4 is 5.73 Å². The average Bonchev–Trinajstić information content (AvgIpc) is 2.79. The van der Waals surface area contributed by atoms with E-state index in [2.05, 4.69) is 17.1 Å². The first-order valence-electron chi connectivity index (χ1n) is 6.92. The first kappa shape index (κ1) is 14.9. The van der Waals surface area contributed by atoms with Crippen molar-refractivity contribution in [3.8, 4) is 11.1 Å². The third-order valence-corrected chi connectivity index (χ3v) is 3.66. The van der Waals surface area contributed by atoms with Gasteiger partial charge in [0.2, 0.25) is 0 Å². The number of benzene rings is 1. The van der Waals surface area contributed by atoms with E-state index in [1.165, 1.54) is 18.9 Å². The quantitative estimate of drug-likeness (QED) is 0.767. The fraction of sp³-hybridized carbons (Fsp3) is 0.400. The number of anilines is 1. The summed E-state index contributed by atoms with van der Waals surface area (Å²) in [4.78, 5) is 0. The maximum absolute atomic E-state index is 14.1. The van der Waals surface area contributed by atoms with Crippen molar-refractivity contribution in [3.63, 3.8) is 0 Å². The Balaban J connectivity index is 2.27. The van der Waals surface area contributed by atoms with Gasteiger partial charge in [-0.25, -0.2) is 4.39 Å². The van der Waals surface area contributed by atoms with Crippen LogP contribution in [0.15, 0.2) is 18.2 Å². The standard InChI is InChI=1S/C15H19ClFN3/c1-2-3-4-5-9-12-13(15(18)20-19-12)10-7-6-8-11(16)14(10)17/h6-8H,2-5,9H2,1H3,(H3,18,19,20). The summed E-state index contributed by atoms with van der Waals surface area (Å²) in [6.45, 7) is 2.17. The molecule has 0 bridgehead atoms. The highest BCUT2D eigenvalue weighted by atomic mass is 35.5. The Kier molecular flexibility index (Phi) is 5.01. The molecule has 0 fully saturated rings. The van der Waals surface area contributed by atoms with Gasteiger partial charge in [-0.05, 0) is 18.9 Å². The topological polar surface area (TPSA) is 54.7 Å². The lowest BCUT2D eigenvalue weighted by Gasteiger charge is -2.07. The van der Waals surface area contributed by atoms with Crippen LogP contribution in [0.5, 0.6) is 0 Å². The molecule has 1 aromatic heterocycles. The number of nitrogens with zero attached hydrogens (tertiary/aromatic N) is 1. The molecule has 2 aromatic rings. The van der Waals surface area contributed by atoms with Crippen LogP contribution in [0.2, 0.25) is 5.02 Å². The number of unbranched alkanes of at least 4 members (excludes halogenated alkanes) is 3. The number of aromatic amines is 1. The summed E-state index contributed by atoms with van der Waals surface area (Å²) in [5, 5.41) is 7.01. The van der Waals surface area contributed by atoms with Gasteiger partial charge in [-0.2, -0.15) is 5.10 Å². The van der Waals surface area contributed by atoms with Crippen LogP contribution in [-0.4, -0.2) is 10.2 Å². The second-order valence-corrected chi connectivity index (χ2v) is 5.28. The summed E-state index contributed by atoms with van der Waals surface area (Å²) in [6, 6.07) is 4.92. The molecule has 5 heteroatoms. The van der Waals surface area contributed by atoms with Crippen molar-refractivity contribution in [2.75, 3.05) is 5.73 Å². The third-order valence-electron chi connectivity index (χ3n) is 3.37. The van der Waals surface area contributed by atoms with Gasteiger partial charge in [-0.1, -0.05) is 49.9 Å². The number of H-pyrrole nitrogens is 1. The van der Waals surface area contributed by atoms with E-state index >= 15 is 0 Å². The Hall–Kier alpha value is -1.55. The van der Waals surface area contributed by atoms with Gasteiger partial charge in [0.25, 0.3) is 0 Å². The summed E-state index contributed by atoms with van der Waals surface area (Å²) < 4.78 is 14.1. The van der Waals surface area contributed by atoms with Crippen LogP contribution in [0.1, 0.15) is 38.3 Å². The predicted molar refractivity (Wildman–Crippen MR) is 81.3 cm³/mol. The number of aryl methyl sites for hydroxylation is 1. The molecule has 0 radical (unpaired) electrons. The average molecular weight is 296 g/mol. The molecule has 0 amide bonds. The van der Waals surface area contributed by atoms with Crippen LogP contribution in [0.25, 0.3) is 11.1 Å². The van der Waals surface area contributed by atoms with Gasteiger partial charge in [0.1, 0.15) is 5.82 Å². The molecule has 108 valence electrons. The van der Waals surface area contributed by atoms with Gasteiger partial charge in [0.15, 0.2) is 5.82 Å². The lowest BCUT2D eigenvalue weighted by molar-refractivity contribution is 0.631. The molecular formula is C15H19ClFN3. The number of hydrogen-bond acceptors (Lipinski definition) is 2. The molecule has 0 saturated heterocycles. The van der Waals surface area contributed by atoms with E-state index in [0.29, 0.717) is 16.9 Å². The van der Waals surface area contributed by atoms with Crippen molar-refractivity contribution >= 4 is 17.4 Å². The fourth-order valence-corrected chi connectivity index (χ4v) is 2.48. The van der Waals surface area contributed by atoms with Gasteiger partial charge in [0, 0.05) is 16.8 Å². The summed E-state index contributed by atoms with van der Waals surface area (Å²) in [5.41, 5.74) is 7.80. The van der Waals surface area contributed by atoms with Gasteiger partial charge in [-0.15, -0.1) is 0 Å². The first-order chi connectivity index (χ1) is 9.65. The molecule has 3 N–H and O–H groups in total. The number of rotatable bonds is 6. The monoisotopic (exact) mass is 295 g/mol. The summed E-state index contributed by atoms with van der Waals surface area (Å²) in [6.07, 6.45) is 5.37. The van der Waals surface area contributed by atoms with Crippen molar-refractivity contribution in [1.82, 2.24) is 10.2 Å². The van der Waals surface area contributed by atoms with E-state index in [1.807, 2.05) is 0 Å². The van der Waals surface area contributed by atoms with E-state index in [-0.39, 0.29) is 5.02 Å².